The van der Waals surface area contributed by atoms with E-state index in [9.17, 15) is 19.8 Å². The van der Waals surface area contributed by atoms with Gasteiger partial charge < -0.3 is 20.3 Å². The number of carbonyl (C=O) groups is 2. The average Bonchev–Trinajstić information content (AvgIpc) is 3.48. The largest absolute Gasteiger partial charge is 0.466 e. The summed E-state index contributed by atoms with van der Waals surface area (Å²) in [7, 11) is 0. The molecule has 0 aromatic carbocycles. The van der Waals surface area contributed by atoms with Gasteiger partial charge in [-0.15, -0.1) is 0 Å². The van der Waals surface area contributed by atoms with Gasteiger partial charge in [-0.3, -0.25) is 9.59 Å². The zero-order valence-corrected chi connectivity index (χ0v) is 56.3. The third kappa shape index (κ3) is 68.0. The highest BCUT2D eigenvalue weighted by molar-refractivity contribution is 5.76. The van der Waals surface area contributed by atoms with Crippen LogP contribution in [0.5, 0.6) is 0 Å². The molecule has 6 nitrogen and oxygen atoms in total. The zero-order chi connectivity index (χ0) is 59.2. The van der Waals surface area contributed by atoms with Gasteiger partial charge in [0.15, 0.2) is 0 Å². The van der Waals surface area contributed by atoms with Gasteiger partial charge in [0.05, 0.1) is 25.4 Å². The standard InChI is InChI=1S/C76H151NO5/c1-3-5-7-9-11-13-15-17-18-19-20-21-22-29-32-35-38-41-45-48-52-56-60-64-68-74(79)73(72-78)77-75(80)69-65-61-57-53-49-46-42-39-36-33-30-27-25-23-24-26-28-31-34-37-40-43-47-51-55-59-63-67-71-82-76(81)70-66-62-58-54-50-44-16-14-12-10-8-6-4-2/h73-74,78-79H,3-72H2,1-2H3,(H,77,80). The molecule has 2 atom stereocenters. The summed E-state index contributed by atoms with van der Waals surface area (Å²) in [6.45, 7) is 5.01. The number of unbranched alkanes of at least 4 members (excludes halogenated alkanes) is 62. The number of esters is 1. The molecule has 3 N–H and O–H groups in total. The van der Waals surface area contributed by atoms with Crippen molar-refractivity contribution in [3.63, 3.8) is 0 Å². The predicted molar refractivity (Wildman–Crippen MR) is 361 cm³/mol. The van der Waals surface area contributed by atoms with Crippen LogP contribution in [-0.4, -0.2) is 47.4 Å². The van der Waals surface area contributed by atoms with Crippen molar-refractivity contribution < 1.29 is 24.5 Å². The number of hydrogen-bond acceptors (Lipinski definition) is 5. The van der Waals surface area contributed by atoms with E-state index in [0.717, 1.165) is 38.5 Å². The third-order valence-electron chi connectivity index (χ3n) is 18.4. The summed E-state index contributed by atoms with van der Waals surface area (Å²) in [5.41, 5.74) is 0. The Morgan fingerprint density at radius 3 is 0.744 bits per heavy atom. The first kappa shape index (κ1) is 80.9. The van der Waals surface area contributed by atoms with E-state index < -0.39 is 12.1 Å². The Morgan fingerprint density at radius 2 is 0.500 bits per heavy atom. The van der Waals surface area contributed by atoms with Crippen LogP contribution in [0.3, 0.4) is 0 Å². The fourth-order valence-electron chi connectivity index (χ4n) is 12.6. The van der Waals surface area contributed by atoms with Crippen LogP contribution >= 0.6 is 0 Å². The smallest absolute Gasteiger partial charge is 0.305 e. The quantitative estimate of drug-likeness (QED) is 0.0417. The Morgan fingerprint density at radius 1 is 0.293 bits per heavy atom. The van der Waals surface area contributed by atoms with Gasteiger partial charge in [0.1, 0.15) is 0 Å². The lowest BCUT2D eigenvalue weighted by Gasteiger charge is -2.22. The second-order valence-electron chi connectivity index (χ2n) is 26.7. The third-order valence-corrected chi connectivity index (χ3v) is 18.4. The first-order valence-corrected chi connectivity index (χ1v) is 38.3. The Labute approximate surface area is 515 Å². The van der Waals surface area contributed by atoms with Gasteiger partial charge in [0.2, 0.25) is 5.91 Å². The number of amides is 1. The summed E-state index contributed by atoms with van der Waals surface area (Å²) < 4.78 is 5.49. The van der Waals surface area contributed by atoms with Crippen LogP contribution < -0.4 is 5.32 Å². The van der Waals surface area contributed by atoms with Crippen LogP contribution in [-0.2, 0) is 14.3 Å². The van der Waals surface area contributed by atoms with Gasteiger partial charge >= 0.3 is 5.97 Å². The number of hydrogen-bond donors (Lipinski definition) is 3. The minimum atomic E-state index is -0.663. The highest BCUT2D eigenvalue weighted by Gasteiger charge is 2.20. The van der Waals surface area contributed by atoms with E-state index in [1.54, 1.807) is 0 Å². The second-order valence-corrected chi connectivity index (χ2v) is 26.7. The van der Waals surface area contributed by atoms with Crippen molar-refractivity contribution in [2.24, 2.45) is 0 Å². The van der Waals surface area contributed by atoms with Crippen LogP contribution in [0.25, 0.3) is 0 Å². The van der Waals surface area contributed by atoms with Crippen molar-refractivity contribution in [1.29, 1.82) is 0 Å². The molecule has 0 aliphatic rings. The Balaban J connectivity index is 3.34. The summed E-state index contributed by atoms with van der Waals surface area (Å²) in [5, 5.41) is 23.5. The van der Waals surface area contributed by atoms with Crippen molar-refractivity contribution >= 4 is 11.9 Å². The van der Waals surface area contributed by atoms with E-state index in [1.807, 2.05) is 0 Å². The number of carbonyl (C=O) groups excluding carboxylic acids is 2. The van der Waals surface area contributed by atoms with E-state index in [1.165, 1.54) is 379 Å². The van der Waals surface area contributed by atoms with E-state index in [4.69, 9.17) is 4.74 Å². The summed E-state index contributed by atoms with van der Waals surface area (Å²) >= 11 is 0. The number of rotatable bonds is 73. The maximum atomic E-state index is 12.6. The fraction of sp³-hybridized carbons (Fsp3) is 0.974. The van der Waals surface area contributed by atoms with Crippen molar-refractivity contribution in [1.82, 2.24) is 5.32 Å². The molecule has 1 amide bonds. The summed E-state index contributed by atoms with van der Waals surface area (Å²) in [6, 6.07) is -0.539. The van der Waals surface area contributed by atoms with Crippen molar-refractivity contribution in [3.8, 4) is 0 Å². The molecule has 0 aliphatic carbocycles. The molecular formula is C76H151NO5. The Hall–Kier alpha value is -1.14. The molecule has 490 valence electrons. The van der Waals surface area contributed by atoms with Crippen LogP contribution in [0.1, 0.15) is 450 Å². The lowest BCUT2D eigenvalue weighted by atomic mass is 10.0. The number of nitrogens with one attached hydrogen (secondary N) is 1. The van der Waals surface area contributed by atoms with Crippen molar-refractivity contribution in [3.05, 3.63) is 0 Å². The molecule has 6 heteroatoms. The molecule has 0 bridgehead atoms. The monoisotopic (exact) mass is 1160 g/mol. The summed E-state index contributed by atoms with van der Waals surface area (Å²) in [6.07, 6.45) is 88.9. The fourth-order valence-corrected chi connectivity index (χ4v) is 12.6. The summed E-state index contributed by atoms with van der Waals surface area (Å²) in [4.78, 5) is 24.6. The molecule has 2 unspecified atom stereocenters. The van der Waals surface area contributed by atoms with Crippen LogP contribution in [0.15, 0.2) is 0 Å². The lowest BCUT2D eigenvalue weighted by molar-refractivity contribution is -0.143. The minimum absolute atomic E-state index is 0.0219. The normalized spacial score (nSPS) is 12.4. The molecule has 0 aromatic rings. The molecule has 0 saturated heterocycles. The molecule has 0 saturated carbocycles. The highest BCUT2D eigenvalue weighted by atomic mass is 16.5. The van der Waals surface area contributed by atoms with Gasteiger partial charge in [0.25, 0.3) is 0 Å². The molecule has 0 radical (unpaired) electrons. The van der Waals surface area contributed by atoms with E-state index in [2.05, 4.69) is 19.2 Å². The molecule has 82 heavy (non-hydrogen) atoms. The Kier molecular flexibility index (Phi) is 71.3. The van der Waals surface area contributed by atoms with Gasteiger partial charge in [-0.25, -0.2) is 0 Å². The molecule has 0 heterocycles. The molecule has 0 rings (SSSR count). The predicted octanol–water partition coefficient (Wildman–Crippen LogP) is 24.9. The molecule has 0 spiro atoms. The SMILES string of the molecule is CCCCCCCCCCCCCCCCCCCCCCCCCCC(O)C(CO)NC(=O)CCCCCCCCCCCCCCCCCCCCCCCCCCCCCCOC(=O)CCCCCCCCCCCCCCC. The van der Waals surface area contributed by atoms with Crippen LogP contribution in [0, 0.1) is 0 Å². The highest BCUT2D eigenvalue weighted by Crippen LogP contribution is 2.20. The Bertz CT molecular complexity index is 1200. The minimum Gasteiger partial charge on any atom is -0.466 e. The maximum absolute atomic E-state index is 12.6. The average molecular weight is 1160 g/mol. The van der Waals surface area contributed by atoms with Crippen LogP contribution in [0.2, 0.25) is 0 Å². The summed E-state index contributed by atoms with van der Waals surface area (Å²) in [5.74, 6) is -0.00350. The molecule has 0 fully saturated rings. The van der Waals surface area contributed by atoms with E-state index in [-0.39, 0.29) is 18.5 Å². The molecule has 0 aromatic heterocycles. The topological polar surface area (TPSA) is 95.9 Å². The van der Waals surface area contributed by atoms with Crippen molar-refractivity contribution in [2.75, 3.05) is 13.2 Å². The van der Waals surface area contributed by atoms with Crippen LogP contribution in [0.4, 0.5) is 0 Å². The maximum Gasteiger partial charge on any atom is 0.305 e. The van der Waals surface area contributed by atoms with Gasteiger partial charge in [-0.1, -0.05) is 412 Å². The first-order valence-electron chi connectivity index (χ1n) is 38.3. The second kappa shape index (κ2) is 72.3. The number of ether oxygens (including phenoxy) is 1. The zero-order valence-electron chi connectivity index (χ0n) is 56.3. The van der Waals surface area contributed by atoms with Gasteiger partial charge in [-0.2, -0.15) is 0 Å². The van der Waals surface area contributed by atoms with Gasteiger partial charge in [0, 0.05) is 12.8 Å². The number of aliphatic hydroxyl groups is 2. The van der Waals surface area contributed by atoms with E-state index in [0.29, 0.717) is 25.9 Å². The number of aliphatic hydroxyl groups excluding tert-OH is 2. The first-order chi connectivity index (χ1) is 40.5. The molecule has 0 aliphatic heterocycles. The lowest BCUT2D eigenvalue weighted by Crippen LogP contribution is -2.45. The van der Waals surface area contributed by atoms with Gasteiger partial charge in [-0.05, 0) is 25.7 Å². The van der Waals surface area contributed by atoms with E-state index >= 15 is 0 Å². The molecular weight excluding hydrogens is 1010 g/mol. The van der Waals surface area contributed by atoms with Crippen molar-refractivity contribution in [2.45, 2.75) is 463 Å².